The summed E-state index contributed by atoms with van der Waals surface area (Å²) < 4.78 is 17.4. The van der Waals surface area contributed by atoms with E-state index in [4.69, 9.17) is 19.0 Å². The highest BCUT2D eigenvalue weighted by Crippen LogP contribution is 2.22. The minimum absolute atomic E-state index is 0.131. The predicted molar refractivity (Wildman–Crippen MR) is 122 cm³/mol. The maximum atomic E-state index is 11.0. The number of pyridine rings is 1. The highest BCUT2D eigenvalue weighted by Gasteiger charge is 2.12. The molecule has 0 atom stereocenters. The third kappa shape index (κ3) is 5.98. The molecule has 7 heteroatoms. The number of carboxylic acids is 1. The summed E-state index contributed by atoms with van der Waals surface area (Å²) in [4.78, 5) is 19.7. The van der Waals surface area contributed by atoms with Crippen molar-refractivity contribution in [1.29, 1.82) is 0 Å². The molecular formula is C26H24N2O5. The van der Waals surface area contributed by atoms with Crippen molar-refractivity contribution in [1.82, 2.24) is 9.97 Å². The fourth-order valence-corrected chi connectivity index (χ4v) is 3.31. The molecule has 1 N–H and O–H groups in total. The van der Waals surface area contributed by atoms with Gasteiger partial charge in [0.15, 0.2) is 0 Å². The average Bonchev–Trinajstić information content (AvgIpc) is 3.20. The molecule has 4 aromatic rings. The molecule has 0 amide bonds. The lowest BCUT2D eigenvalue weighted by Gasteiger charge is -2.10. The standard InChI is InChI=1S/C26H24N2O5/c1-18-23(28-26(33-18)20-6-3-2-4-7-20)13-15-31-22-11-9-19(10-12-22)17-32-25-21(16-24(29)30)8-5-14-27-25/h2-12,14H,13,15-17H2,1H3,(H,29,30). The number of aryl methyl sites for hydroxylation is 1. The Balaban J connectivity index is 1.29. The van der Waals surface area contributed by atoms with Crippen LogP contribution >= 0.6 is 0 Å². The van der Waals surface area contributed by atoms with E-state index in [-0.39, 0.29) is 13.0 Å². The molecule has 0 aliphatic rings. The van der Waals surface area contributed by atoms with E-state index in [0.717, 1.165) is 28.3 Å². The molecular weight excluding hydrogens is 420 g/mol. The second-order valence-corrected chi connectivity index (χ2v) is 7.46. The minimum atomic E-state index is -0.925. The van der Waals surface area contributed by atoms with Gasteiger partial charge in [0.2, 0.25) is 11.8 Å². The molecule has 2 aromatic carbocycles. The number of aliphatic carboxylic acids is 1. The second-order valence-electron chi connectivity index (χ2n) is 7.46. The number of hydrogen-bond donors (Lipinski definition) is 1. The molecule has 33 heavy (non-hydrogen) atoms. The fourth-order valence-electron chi connectivity index (χ4n) is 3.31. The summed E-state index contributed by atoms with van der Waals surface area (Å²) in [6.07, 6.45) is 2.09. The predicted octanol–water partition coefficient (Wildman–Crippen LogP) is 4.87. The van der Waals surface area contributed by atoms with Crippen LogP contribution in [0.4, 0.5) is 0 Å². The lowest BCUT2D eigenvalue weighted by molar-refractivity contribution is -0.136. The van der Waals surface area contributed by atoms with Crippen LogP contribution in [-0.4, -0.2) is 27.7 Å². The molecule has 0 radical (unpaired) electrons. The molecule has 0 spiro atoms. The van der Waals surface area contributed by atoms with Crippen LogP contribution in [0.5, 0.6) is 11.6 Å². The highest BCUT2D eigenvalue weighted by molar-refractivity contribution is 5.70. The third-order valence-corrected chi connectivity index (χ3v) is 5.01. The lowest BCUT2D eigenvalue weighted by atomic mass is 10.2. The number of carboxylic acid groups (broad SMARTS) is 1. The zero-order valence-corrected chi connectivity index (χ0v) is 18.2. The number of oxazole rings is 1. The van der Waals surface area contributed by atoms with Gasteiger partial charge in [-0.3, -0.25) is 4.79 Å². The second kappa shape index (κ2) is 10.5. The minimum Gasteiger partial charge on any atom is -0.493 e. The number of hydrogen-bond acceptors (Lipinski definition) is 6. The van der Waals surface area contributed by atoms with Gasteiger partial charge in [-0.1, -0.05) is 36.4 Å². The monoisotopic (exact) mass is 444 g/mol. The number of ether oxygens (including phenoxy) is 2. The van der Waals surface area contributed by atoms with Crippen LogP contribution < -0.4 is 9.47 Å². The molecule has 0 unspecified atom stereocenters. The Bertz CT molecular complexity index is 1200. The van der Waals surface area contributed by atoms with Gasteiger partial charge in [0.05, 0.1) is 18.7 Å². The quantitative estimate of drug-likeness (QED) is 0.373. The van der Waals surface area contributed by atoms with Crippen LogP contribution in [0.25, 0.3) is 11.5 Å². The van der Waals surface area contributed by atoms with E-state index < -0.39 is 5.97 Å². The van der Waals surface area contributed by atoms with Gasteiger partial charge in [0, 0.05) is 23.7 Å². The van der Waals surface area contributed by atoms with Crippen LogP contribution in [0.3, 0.4) is 0 Å². The van der Waals surface area contributed by atoms with Gasteiger partial charge in [-0.15, -0.1) is 0 Å². The normalized spacial score (nSPS) is 10.7. The van der Waals surface area contributed by atoms with E-state index in [9.17, 15) is 4.79 Å². The van der Waals surface area contributed by atoms with Crippen molar-refractivity contribution in [3.05, 3.63) is 95.5 Å². The maximum absolute atomic E-state index is 11.0. The van der Waals surface area contributed by atoms with Crippen molar-refractivity contribution in [3.8, 4) is 23.1 Å². The van der Waals surface area contributed by atoms with Crippen molar-refractivity contribution >= 4 is 5.97 Å². The Morgan fingerprint density at radius 3 is 2.55 bits per heavy atom. The van der Waals surface area contributed by atoms with Crippen LogP contribution in [0.15, 0.2) is 77.3 Å². The van der Waals surface area contributed by atoms with Gasteiger partial charge in [0.1, 0.15) is 18.1 Å². The van der Waals surface area contributed by atoms with Gasteiger partial charge >= 0.3 is 5.97 Å². The number of carbonyl (C=O) groups is 1. The van der Waals surface area contributed by atoms with Gasteiger partial charge in [-0.25, -0.2) is 9.97 Å². The summed E-state index contributed by atoms with van der Waals surface area (Å²) in [6, 6.07) is 20.8. The van der Waals surface area contributed by atoms with Crippen molar-refractivity contribution < 1.29 is 23.8 Å². The van der Waals surface area contributed by atoms with E-state index in [1.54, 1.807) is 18.3 Å². The molecule has 2 heterocycles. The van der Waals surface area contributed by atoms with E-state index in [2.05, 4.69) is 9.97 Å². The Labute approximate surface area is 191 Å². The SMILES string of the molecule is Cc1oc(-c2ccccc2)nc1CCOc1ccc(COc2ncccc2CC(=O)O)cc1. The van der Waals surface area contributed by atoms with E-state index in [1.165, 1.54) is 0 Å². The first kappa shape index (κ1) is 22.1. The molecule has 0 bridgehead atoms. The van der Waals surface area contributed by atoms with Crippen LogP contribution in [-0.2, 0) is 24.2 Å². The van der Waals surface area contributed by atoms with E-state index in [1.807, 2.05) is 61.5 Å². The number of benzene rings is 2. The summed E-state index contributed by atoms with van der Waals surface area (Å²) >= 11 is 0. The van der Waals surface area contributed by atoms with Crippen molar-refractivity contribution in [2.45, 2.75) is 26.4 Å². The Kier molecular flexibility index (Phi) is 6.99. The molecule has 0 fully saturated rings. The first-order valence-corrected chi connectivity index (χ1v) is 10.6. The summed E-state index contributed by atoms with van der Waals surface area (Å²) in [6.45, 7) is 2.67. The van der Waals surface area contributed by atoms with Crippen molar-refractivity contribution in [3.63, 3.8) is 0 Å². The zero-order valence-electron chi connectivity index (χ0n) is 18.2. The summed E-state index contributed by atoms with van der Waals surface area (Å²) in [5.74, 6) is 1.56. The third-order valence-electron chi connectivity index (χ3n) is 5.01. The van der Waals surface area contributed by atoms with Gasteiger partial charge < -0.3 is 19.0 Å². The van der Waals surface area contributed by atoms with Gasteiger partial charge in [-0.05, 0) is 42.8 Å². The topological polar surface area (TPSA) is 94.7 Å². The number of aromatic nitrogens is 2. The fraction of sp³-hybridized carbons (Fsp3) is 0.192. The molecule has 4 rings (SSSR count). The highest BCUT2D eigenvalue weighted by atomic mass is 16.5. The number of nitrogens with zero attached hydrogens (tertiary/aromatic N) is 2. The first-order chi connectivity index (χ1) is 16.1. The van der Waals surface area contributed by atoms with Crippen molar-refractivity contribution in [2.75, 3.05) is 6.61 Å². The van der Waals surface area contributed by atoms with Gasteiger partial charge in [0.25, 0.3) is 0 Å². The molecule has 7 nitrogen and oxygen atoms in total. The Morgan fingerprint density at radius 2 is 1.79 bits per heavy atom. The molecule has 168 valence electrons. The Morgan fingerprint density at radius 1 is 1.00 bits per heavy atom. The van der Waals surface area contributed by atoms with E-state index >= 15 is 0 Å². The maximum Gasteiger partial charge on any atom is 0.308 e. The van der Waals surface area contributed by atoms with E-state index in [0.29, 0.717) is 30.4 Å². The molecule has 0 aliphatic carbocycles. The molecule has 0 saturated heterocycles. The average molecular weight is 444 g/mol. The van der Waals surface area contributed by atoms with Crippen LogP contribution in [0.1, 0.15) is 22.6 Å². The summed E-state index contributed by atoms with van der Waals surface area (Å²) in [5, 5.41) is 9.01. The van der Waals surface area contributed by atoms with Gasteiger partial charge in [-0.2, -0.15) is 0 Å². The first-order valence-electron chi connectivity index (χ1n) is 10.6. The Hall–Kier alpha value is -4.13. The smallest absolute Gasteiger partial charge is 0.308 e. The molecule has 2 aromatic heterocycles. The summed E-state index contributed by atoms with van der Waals surface area (Å²) in [5.41, 5.74) is 3.30. The molecule has 0 saturated carbocycles. The van der Waals surface area contributed by atoms with Crippen LogP contribution in [0, 0.1) is 6.92 Å². The zero-order chi connectivity index (χ0) is 23.0. The number of rotatable bonds is 10. The largest absolute Gasteiger partial charge is 0.493 e. The lowest BCUT2D eigenvalue weighted by Crippen LogP contribution is -2.05. The van der Waals surface area contributed by atoms with Crippen molar-refractivity contribution in [2.24, 2.45) is 0 Å². The summed E-state index contributed by atoms with van der Waals surface area (Å²) in [7, 11) is 0. The molecule has 0 aliphatic heterocycles. The van der Waals surface area contributed by atoms with Crippen LogP contribution in [0.2, 0.25) is 0 Å².